The average Bonchev–Trinajstić information content (AvgIpc) is 2.07. The van der Waals surface area contributed by atoms with Crippen LogP contribution >= 0.6 is 21.8 Å². The number of hydrogen-bond donors (Lipinski definition) is 1. The van der Waals surface area contributed by atoms with Crippen LogP contribution in [0.5, 0.6) is 0 Å². The fraction of sp³-hybridized carbons (Fsp3) is 1.00. The first-order valence-corrected chi connectivity index (χ1v) is 6.80. The van der Waals surface area contributed by atoms with Crippen LogP contribution in [0.4, 0.5) is 0 Å². The molecule has 0 aromatic carbocycles. The van der Waals surface area contributed by atoms with E-state index in [0.717, 1.165) is 5.92 Å². The summed E-state index contributed by atoms with van der Waals surface area (Å²) in [6.07, 6.45) is 8.71. The number of hydrogen-bond acceptors (Lipinski definition) is 3. The third kappa shape index (κ3) is 4.28. The van der Waals surface area contributed by atoms with E-state index in [4.69, 9.17) is 5.14 Å². The monoisotopic (exact) mass is 191 g/mol. The molecule has 0 aromatic heterocycles. The standard InChI is InChI=1S/C8H17NS2/c9-11-10-7-6-8-4-2-1-3-5-8/h8H,1-7,9H2. The molecule has 3 heteroatoms. The second-order valence-corrected chi connectivity index (χ2v) is 5.33. The normalized spacial score (nSPS) is 20.5. The third-order valence-corrected chi connectivity index (χ3v) is 3.85. The summed E-state index contributed by atoms with van der Waals surface area (Å²) >= 11 is 0. The molecule has 0 aliphatic heterocycles. The lowest BCUT2D eigenvalue weighted by atomic mass is 9.88. The van der Waals surface area contributed by atoms with E-state index < -0.39 is 0 Å². The van der Waals surface area contributed by atoms with E-state index in [2.05, 4.69) is 0 Å². The Morgan fingerprint density at radius 1 is 1.18 bits per heavy atom. The highest BCUT2D eigenvalue weighted by molar-refractivity contribution is 8.75. The molecule has 0 aromatic rings. The van der Waals surface area contributed by atoms with Gasteiger partial charge in [0.1, 0.15) is 0 Å². The second-order valence-electron chi connectivity index (χ2n) is 3.21. The molecular weight excluding hydrogens is 174 g/mol. The Morgan fingerprint density at radius 2 is 1.91 bits per heavy atom. The third-order valence-electron chi connectivity index (χ3n) is 2.40. The molecule has 0 heterocycles. The van der Waals surface area contributed by atoms with Gasteiger partial charge in [0.25, 0.3) is 0 Å². The van der Waals surface area contributed by atoms with E-state index >= 15 is 0 Å². The summed E-state index contributed by atoms with van der Waals surface area (Å²) in [5.74, 6) is 2.26. The van der Waals surface area contributed by atoms with Gasteiger partial charge in [-0.3, -0.25) is 5.14 Å². The minimum atomic E-state index is 1.02. The molecule has 0 unspecified atom stereocenters. The quantitative estimate of drug-likeness (QED) is 0.420. The maximum absolute atomic E-state index is 5.32. The fourth-order valence-corrected chi connectivity index (χ4v) is 2.84. The van der Waals surface area contributed by atoms with Gasteiger partial charge in [-0.15, -0.1) is 0 Å². The fourth-order valence-electron chi connectivity index (χ4n) is 1.74. The van der Waals surface area contributed by atoms with Crippen molar-refractivity contribution < 1.29 is 0 Å². The van der Waals surface area contributed by atoms with Gasteiger partial charge in [-0.1, -0.05) is 42.9 Å². The van der Waals surface area contributed by atoms with Crippen LogP contribution in [0.2, 0.25) is 0 Å². The lowest BCUT2D eigenvalue weighted by Gasteiger charge is -2.20. The van der Waals surface area contributed by atoms with Crippen LogP contribution in [0, 0.1) is 5.92 Å². The van der Waals surface area contributed by atoms with Crippen molar-refractivity contribution in [1.29, 1.82) is 0 Å². The molecular formula is C8H17NS2. The molecule has 2 N–H and O–H groups in total. The van der Waals surface area contributed by atoms with E-state index in [-0.39, 0.29) is 0 Å². The highest BCUT2D eigenvalue weighted by Gasteiger charge is 2.12. The minimum Gasteiger partial charge on any atom is -0.268 e. The summed E-state index contributed by atoms with van der Waals surface area (Å²) in [5, 5.41) is 5.32. The molecule has 1 rings (SSSR count). The van der Waals surface area contributed by atoms with Crippen molar-refractivity contribution in [3.8, 4) is 0 Å². The second kappa shape index (κ2) is 6.21. The van der Waals surface area contributed by atoms with Crippen molar-refractivity contribution in [1.82, 2.24) is 0 Å². The van der Waals surface area contributed by atoms with Crippen molar-refractivity contribution >= 4 is 21.8 Å². The first kappa shape index (κ1) is 9.75. The van der Waals surface area contributed by atoms with Gasteiger partial charge in [-0.2, -0.15) is 0 Å². The summed E-state index contributed by atoms with van der Waals surface area (Å²) in [7, 11) is 3.20. The Kier molecular flexibility index (Phi) is 5.50. The summed E-state index contributed by atoms with van der Waals surface area (Å²) in [6.45, 7) is 0. The van der Waals surface area contributed by atoms with Crippen LogP contribution in [0.25, 0.3) is 0 Å². The lowest BCUT2D eigenvalue weighted by molar-refractivity contribution is 0.352. The zero-order valence-corrected chi connectivity index (χ0v) is 8.55. The molecule has 0 spiro atoms. The van der Waals surface area contributed by atoms with Crippen LogP contribution in [0.1, 0.15) is 38.5 Å². The van der Waals surface area contributed by atoms with Gasteiger partial charge in [-0.25, -0.2) is 0 Å². The van der Waals surface area contributed by atoms with Crippen LogP contribution in [0.3, 0.4) is 0 Å². The molecule has 11 heavy (non-hydrogen) atoms. The van der Waals surface area contributed by atoms with Crippen molar-refractivity contribution in [2.45, 2.75) is 38.5 Å². The van der Waals surface area contributed by atoms with Gasteiger partial charge in [0.05, 0.1) is 0 Å². The van der Waals surface area contributed by atoms with Gasteiger partial charge in [0.15, 0.2) is 0 Å². The van der Waals surface area contributed by atoms with Crippen LogP contribution in [0.15, 0.2) is 0 Å². The summed E-state index contributed by atoms with van der Waals surface area (Å²) in [6, 6.07) is 0. The number of nitrogens with two attached hydrogens (primary N) is 1. The van der Waals surface area contributed by atoms with Gasteiger partial charge in [0, 0.05) is 5.75 Å². The first-order valence-electron chi connectivity index (χ1n) is 4.42. The molecule has 0 saturated heterocycles. The Balaban J connectivity index is 1.96. The lowest BCUT2D eigenvalue weighted by Crippen LogP contribution is -2.06. The smallest absolute Gasteiger partial charge is 0.00519 e. The highest BCUT2D eigenvalue weighted by atomic mass is 33.1. The van der Waals surface area contributed by atoms with Crippen molar-refractivity contribution in [2.24, 2.45) is 11.1 Å². The molecule has 1 nitrogen and oxygen atoms in total. The zero-order valence-electron chi connectivity index (χ0n) is 6.92. The minimum absolute atomic E-state index is 1.02. The Bertz CT molecular complexity index is 92.1. The van der Waals surface area contributed by atoms with Gasteiger partial charge >= 0.3 is 0 Å². The van der Waals surface area contributed by atoms with Crippen LogP contribution in [-0.2, 0) is 0 Å². The molecule has 0 amide bonds. The Labute approximate surface area is 77.4 Å². The summed E-state index contributed by atoms with van der Waals surface area (Å²) in [5.41, 5.74) is 0. The summed E-state index contributed by atoms with van der Waals surface area (Å²) in [4.78, 5) is 0. The van der Waals surface area contributed by atoms with Crippen molar-refractivity contribution in [3.63, 3.8) is 0 Å². The van der Waals surface area contributed by atoms with Gasteiger partial charge in [-0.05, 0) is 23.3 Å². The topological polar surface area (TPSA) is 26.0 Å². The predicted octanol–water partition coefficient (Wildman–Crippen LogP) is 3.21. The highest BCUT2D eigenvalue weighted by Crippen LogP contribution is 2.28. The van der Waals surface area contributed by atoms with Crippen LogP contribution in [-0.4, -0.2) is 5.75 Å². The Morgan fingerprint density at radius 3 is 2.55 bits per heavy atom. The van der Waals surface area contributed by atoms with Gasteiger partial charge < -0.3 is 0 Å². The van der Waals surface area contributed by atoms with Crippen molar-refractivity contribution in [3.05, 3.63) is 0 Å². The molecule has 0 radical (unpaired) electrons. The van der Waals surface area contributed by atoms with Crippen molar-refractivity contribution in [2.75, 3.05) is 5.75 Å². The van der Waals surface area contributed by atoms with Crippen LogP contribution < -0.4 is 5.14 Å². The maximum atomic E-state index is 5.32. The van der Waals surface area contributed by atoms with E-state index in [1.54, 1.807) is 10.8 Å². The number of rotatable bonds is 4. The van der Waals surface area contributed by atoms with E-state index in [1.165, 1.54) is 55.3 Å². The molecule has 0 bridgehead atoms. The SMILES string of the molecule is NSSCCC1CCCCC1. The maximum Gasteiger partial charge on any atom is 0.00519 e. The molecule has 0 atom stereocenters. The molecule has 66 valence electrons. The van der Waals surface area contributed by atoms with E-state index in [1.807, 2.05) is 0 Å². The molecule has 1 aliphatic carbocycles. The largest absolute Gasteiger partial charge is 0.268 e. The predicted molar refractivity (Wildman–Crippen MR) is 55.4 cm³/mol. The summed E-state index contributed by atoms with van der Waals surface area (Å²) < 4.78 is 0. The van der Waals surface area contributed by atoms with Gasteiger partial charge in [0.2, 0.25) is 0 Å². The first-order chi connectivity index (χ1) is 5.43. The average molecular weight is 191 g/mol. The van der Waals surface area contributed by atoms with E-state index in [9.17, 15) is 0 Å². The molecule has 1 saturated carbocycles. The Hall–Kier alpha value is 0.660. The van der Waals surface area contributed by atoms with E-state index in [0.29, 0.717) is 0 Å². The zero-order chi connectivity index (χ0) is 7.94. The molecule has 1 fully saturated rings. The molecule has 1 aliphatic rings.